The van der Waals surface area contributed by atoms with Crippen LogP contribution in [0, 0.1) is 12.7 Å². The first-order chi connectivity index (χ1) is 9.88. The van der Waals surface area contributed by atoms with Crippen LogP contribution < -0.4 is 4.90 Å². The molecule has 0 aromatic heterocycles. The van der Waals surface area contributed by atoms with Gasteiger partial charge in [-0.3, -0.25) is 0 Å². The summed E-state index contributed by atoms with van der Waals surface area (Å²) in [5.41, 5.74) is 3.18. The van der Waals surface area contributed by atoms with Gasteiger partial charge in [-0.1, -0.05) is 28.1 Å². The monoisotopic (exact) mass is 351 g/mol. The molecule has 2 nitrogen and oxygen atoms in total. The lowest BCUT2D eigenvalue weighted by Crippen LogP contribution is -2.19. The normalized spacial score (nSPS) is 12.3. The van der Waals surface area contributed by atoms with E-state index in [-0.39, 0.29) is 5.82 Å². The van der Waals surface area contributed by atoms with Crippen molar-refractivity contribution >= 4 is 21.6 Å². The molecule has 0 amide bonds. The fourth-order valence-corrected chi connectivity index (χ4v) is 2.79. The SMILES string of the molecule is Cc1cc(N(C)Cc2cccc(Br)c2)c([C@@H](C)O)cc1F. The zero-order valence-corrected chi connectivity index (χ0v) is 14.0. The molecule has 0 bridgehead atoms. The number of aliphatic hydroxyl groups excluding tert-OH is 1. The molecule has 1 N–H and O–H groups in total. The minimum absolute atomic E-state index is 0.287. The van der Waals surface area contributed by atoms with E-state index in [1.807, 2.05) is 30.1 Å². The second kappa shape index (κ2) is 6.58. The fraction of sp³-hybridized carbons (Fsp3) is 0.294. The van der Waals surface area contributed by atoms with Gasteiger partial charge in [-0.25, -0.2) is 4.39 Å². The van der Waals surface area contributed by atoms with Crippen molar-refractivity contribution in [1.29, 1.82) is 0 Å². The van der Waals surface area contributed by atoms with Crippen molar-refractivity contribution in [3.63, 3.8) is 0 Å². The van der Waals surface area contributed by atoms with Crippen LogP contribution in [0.25, 0.3) is 0 Å². The second-order valence-corrected chi connectivity index (χ2v) is 6.24. The van der Waals surface area contributed by atoms with Gasteiger partial charge in [0.25, 0.3) is 0 Å². The third-order valence-electron chi connectivity index (χ3n) is 3.48. The predicted molar refractivity (Wildman–Crippen MR) is 88.0 cm³/mol. The summed E-state index contributed by atoms with van der Waals surface area (Å²) in [7, 11) is 1.94. The van der Waals surface area contributed by atoms with Gasteiger partial charge in [-0.15, -0.1) is 0 Å². The molecule has 0 fully saturated rings. The van der Waals surface area contributed by atoms with Gasteiger partial charge in [0.2, 0.25) is 0 Å². The summed E-state index contributed by atoms with van der Waals surface area (Å²) in [6.45, 7) is 4.07. The smallest absolute Gasteiger partial charge is 0.126 e. The fourth-order valence-electron chi connectivity index (χ4n) is 2.34. The van der Waals surface area contributed by atoms with E-state index in [2.05, 4.69) is 22.0 Å². The van der Waals surface area contributed by atoms with E-state index in [1.165, 1.54) is 6.07 Å². The molecule has 0 saturated carbocycles. The molecule has 2 aromatic rings. The van der Waals surface area contributed by atoms with Crippen molar-refractivity contribution in [2.75, 3.05) is 11.9 Å². The van der Waals surface area contributed by atoms with Crippen LogP contribution in [0.5, 0.6) is 0 Å². The zero-order chi connectivity index (χ0) is 15.6. The van der Waals surface area contributed by atoms with Crippen molar-refractivity contribution < 1.29 is 9.50 Å². The Balaban J connectivity index is 2.34. The van der Waals surface area contributed by atoms with Crippen LogP contribution >= 0.6 is 15.9 Å². The Kier molecular flexibility index (Phi) is 5.01. The Morgan fingerprint density at radius 3 is 2.62 bits per heavy atom. The standard InChI is InChI=1S/C17H19BrFNO/c1-11-7-17(15(12(2)21)9-16(11)19)20(3)10-13-5-4-6-14(18)8-13/h4-9,12,21H,10H2,1-3H3/t12-/m1/s1. The zero-order valence-electron chi connectivity index (χ0n) is 12.4. The molecule has 112 valence electrons. The number of benzene rings is 2. The van der Waals surface area contributed by atoms with Crippen LogP contribution in [0.15, 0.2) is 40.9 Å². The molecule has 0 aliphatic heterocycles. The maximum absolute atomic E-state index is 13.7. The lowest BCUT2D eigenvalue weighted by Gasteiger charge is -2.24. The number of aryl methyl sites for hydroxylation is 1. The molecule has 0 saturated heterocycles. The van der Waals surface area contributed by atoms with E-state index >= 15 is 0 Å². The van der Waals surface area contributed by atoms with Crippen LogP contribution in [-0.4, -0.2) is 12.2 Å². The lowest BCUT2D eigenvalue weighted by atomic mass is 10.0. The highest BCUT2D eigenvalue weighted by Crippen LogP contribution is 2.29. The number of hydrogen-bond donors (Lipinski definition) is 1. The van der Waals surface area contributed by atoms with E-state index in [1.54, 1.807) is 19.9 Å². The van der Waals surface area contributed by atoms with Gasteiger partial charge in [0.15, 0.2) is 0 Å². The Morgan fingerprint density at radius 2 is 2.00 bits per heavy atom. The average molecular weight is 352 g/mol. The highest BCUT2D eigenvalue weighted by molar-refractivity contribution is 9.10. The lowest BCUT2D eigenvalue weighted by molar-refractivity contribution is 0.199. The molecule has 0 heterocycles. The summed E-state index contributed by atoms with van der Waals surface area (Å²) in [6.07, 6.45) is -0.708. The summed E-state index contributed by atoms with van der Waals surface area (Å²) in [6, 6.07) is 11.3. The van der Waals surface area contributed by atoms with Crippen LogP contribution in [0.4, 0.5) is 10.1 Å². The first-order valence-electron chi connectivity index (χ1n) is 6.82. The number of halogens is 2. The largest absolute Gasteiger partial charge is 0.389 e. The van der Waals surface area contributed by atoms with Crippen molar-refractivity contribution in [2.24, 2.45) is 0 Å². The highest BCUT2D eigenvalue weighted by atomic mass is 79.9. The van der Waals surface area contributed by atoms with Crippen molar-refractivity contribution in [2.45, 2.75) is 26.5 Å². The van der Waals surface area contributed by atoms with E-state index in [9.17, 15) is 9.50 Å². The van der Waals surface area contributed by atoms with E-state index < -0.39 is 6.10 Å². The maximum atomic E-state index is 13.7. The Labute approximate surface area is 133 Å². The molecule has 21 heavy (non-hydrogen) atoms. The molecule has 0 unspecified atom stereocenters. The number of nitrogens with zero attached hydrogens (tertiary/aromatic N) is 1. The molecule has 2 rings (SSSR count). The van der Waals surface area contributed by atoms with Gasteiger partial charge in [-0.2, -0.15) is 0 Å². The first kappa shape index (κ1) is 16.0. The van der Waals surface area contributed by atoms with Gasteiger partial charge >= 0.3 is 0 Å². The van der Waals surface area contributed by atoms with Crippen molar-refractivity contribution in [3.05, 3.63) is 63.4 Å². The first-order valence-corrected chi connectivity index (χ1v) is 7.61. The molecule has 4 heteroatoms. The Morgan fingerprint density at radius 1 is 1.29 bits per heavy atom. The number of rotatable bonds is 4. The average Bonchev–Trinajstić information content (AvgIpc) is 2.41. The molecular formula is C17H19BrFNO. The summed E-state index contributed by atoms with van der Waals surface area (Å²) < 4.78 is 14.8. The third-order valence-corrected chi connectivity index (χ3v) is 3.97. The number of hydrogen-bond acceptors (Lipinski definition) is 2. The van der Waals surface area contributed by atoms with E-state index in [4.69, 9.17) is 0 Å². The van der Waals surface area contributed by atoms with E-state index in [0.717, 1.165) is 15.7 Å². The molecule has 0 aliphatic rings. The van der Waals surface area contributed by atoms with Gasteiger partial charge in [0.05, 0.1) is 6.10 Å². The van der Waals surface area contributed by atoms with Gasteiger partial charge in [0, 0.05) is 29.3 Å². The van der Waals surface area contributed by atoms with Crippen molar-refractivity contribution in [1.82, 2.24) is 0 Å². The quantitative estimate of drug-likeness (QED) is 0.870. The van der Waals surface area contributed by atoms with Crippen LogP contribution in [0.1, 0.15) is 29.7 Å². The second-order valence-electron chi connectivity index (χ2n) is 5.32. The Bertz CT molecular complexity index is 643. The topological polar surface area (TPSA) is 23.5 Å². The molecule has 0 spiro atoms. The summed E-state index contributed by atoms with van der Waals surface area (Å²) >= 11 is 3.46. The summed E-state index contributed by atoms with van der Waals surface area (Å²) in [5, 5.41) is 9.88. The number of anilines is 1. The highest BCUT2D eigenvalue weighted by Gasteiger charge is 2.15. The molecular weight excluding hydrogens is 333 g/mol. The minimum atomic E-state index is -0.708. The summed E-state index contributed by atoms with van der Waals surface area (Å²) in [4.78, 5) is 2.02. The minimum Gasteiger partial charge on any atom is -0.389 e. The van der Waals surface area contributed by atoms with Gasteiger partial charge < -0.3 is 10.0 Å². The Hall–Kier alpha value is -1.39. The summed E-state index contributed by atoms with van der Waals surface area (Å²) in [5.74, 6) is -0.287. The number of aliphatic hydroxyl groups is 1. The van der Waals surface area contributed by atoms with Crippen molar-refractivity contribution in [3.8, 4) is 0 Å². The predicted octanol–water partition coefficient (Wildman–Crippen LogP) is 4.59. The third kappa shape index (κ3) is 3.83. The van der Waals surface area contributed by atoms with Crippen LogP contribution in [-0.2, 0) is 6.54 Å². The van der Waals surface area contributed by atoms with Gasteiger partial charge in [0.1, 0.15) is 5.82 Å². The molecule has 2 aromatic carbocycles. The maximum Gasteiger partial charge on any atom is 0.126 e. The molecule has 0 radical (unpaired) electrons. The van der Waals surface area contributed by atoms with E-state index in [0.29, 0.717) is 17.7 Å². The van der Waals surface area contributed by atoms with Crippen LogP contribution in [0.2, 0.25) is 0 Å². The molecule has 1 atom stereocenters. The molecule has 0 aliphatic carbocycles. The van der Waals surface area contributed by atoms with Gasteiger partial charge in [-0.05, 0) is 49.2 Å². The van der Waals surface area contributed by atoms with Crippen LogP contribution in [0.3, 0.4) is 0 Å².